The third-order valence-corrected chi connectivity index (χ3v) is 5.34. The Labute approximate surface area is 174 Å². The van der Waals surface area contributed by atoms with Crippen LogP contribution in [0.15, 0.2) is 48.5 Å². The Kier molecular flexibility index (Phi) is 6.71. The number of hydrogen-bond acceptors (Lipinski definition) is 2. The number of fused-ring (bicyclic) bond motifs is 1. The topological polar surface area (TPSA) is 37.3 Å². The average Bonchev–Trinajstić information content (AvgIpc) is 2.60. The molecule has 2 atom stereocenters. The molecule has 0 saturated carbocycles. The first-order chi connectivity index (χ1) is 11.5. The molecule has 0 radical (unpaired) electrons. The van der Waals surface area contributed by atoms with Crippen LogP contribution < -0.4 is 0 Å². The van der Waals surface area contributed by atoms with E-state index in [1.165, 1.54) is 17.7 Å². The van der Waals surface area contributed by atoms with E-state index in [9.17, 15) is 9.90 Å². The molecule has 0 aromatic heterocycles. The molecule has 0 spiro atoms. The Balaban J connectivity index is 0.00000225. The Morgan fingerprint density at radius 1 is 1.08 bits per heavy atom. The predicted molar refractivity (Wildman–Crippen MR) is 96.5 cm³/mol. The predicted octanol–water partition coefficient (Wildman–Crippen LogP) is 4.80. The molecule has 1 N–H and O–H groups in total. The minimum atomic E-state index is -0.488. The van der Waals surface area contributed by atoms with E-state index in [-0.39, 0.29) is 48.7 Å². The van der Waals surface area contributed by atoms with Gasteiger partial charge in [0.1, 0.15) is 5.78 Å². The van der Waals surface area contributed by atoms with Crippen LogP contribution in [-0.4, -0.2) is 10.9 Å². The van der Waals surface area contributed by atoms with Gasteiger partial charge in [0.2, 0.25) is 0 Å². The van der Waals surface area contributed by atoms with Crippen LogP contribution in [0, 0.1) is 43.1 Å². The third kappa shape index (κ3) is 3.80. The number of ketones is 1. The van der Waals surface area contributed by atoms with Gasteiger partial charge in [0.25, 0.3) is 0 Å². The second-order valence-corrected chi connectivity index (χ2v) is 7.30. The third-order valence-electron chi connectivity index (χ3n) is 5.34. The van der Waals surface area contributed by atoms with Crippen LogP contribution >= 0.6 is 0 Å². The van der Waals surface area contributed by atoms with Crippen molar-refractivity contribution in [2.45, 2.75) is 45.4 Å². The van der Waals surface area contributed by atoms with Crippen molar-refractivity contribution < 1.29 is 41.0 Å². The molecule has 0 amide bonds. The number of aryl methyl sites for hydroxylation is 1. The summed E-state index contributed by atoms with van der Waals surface area (Å²) in [7, 11) is 0. The van der Waals surface area contributed by atoms with Gasteiger partial charge in [0, 0.05) is 43.5 Å². The number of carbonyl (C=O) groups excluding carboxylic acids is 1. The van der Waals surface area contributed by atoms with E-state index in [1.54, 1.807) is 0 Å². The summed E-state index contributed by atoms with van der Waals surface area (Å²) < 4.78 is 0. The molecule has 0 heterocycles. The van der Waals surface area contributed by atoms with Crippen LogP contribution in [0.2, 0.25) is 0 Å². The van der Waals surface area contributed by atoms with Crippen LogP contribution in [0.1, 0.15) is 54.9 Å². The van der Waals surface area contributed by atoms with Crippen molar-refractivity contribution in [2.75, 3.05) is 0 Å². The first kappa shape index (κ1) is 20.4. The zero-order valence-corrected chi connectivity index (χ0v) is 19.3. The molecule has 1 aliphatic rings. The largest absolute Gasteiger partial charge is 0.565 e. The maximum atomic E-state index is 13.1. The Morgan fingerprint density at radius 3 is 2.32 bits per heavy atom. The van der Waals surface area contributed by atoms with Gasteiger partial charge >= 0.3 is 0 Å². The molecule has 1 aliphatic carbocycles. The molecular formula is C22H25O2U-. The van der Waals surface area contributed by atoms with E-state index in [2.05, 4.69) is 25.1 Å². The Bertz CT molecular complexity index is 751. The van der Waals surface area contributed by atoms with Crippen molar-refractivity contribution >= 4 is 5.78 Å². The van der Waals surface area contributed by atoms with Crippen LogP contribution in [0.4, 0.5) is 0 Å². The molecule has 130 valence electrons. The molecule has 2 aromatic rings. The molecule has 2 nitrogen and oxygen atoms in total. The van der Waals surface area contributed by atoms with Gasteiger partial charge in [-0.3, -0.25) is 4.79 Å². The van der Waals surface area contributed by atoms with E-state index in [0.29, 0.717) is 6.42 Å². The first-order valence-electron chi connectivity index (χ1n) is 8.66. The second kappa shape index (κ2) is 8.21. The molecule has 0 fully saturated rings. The summed E-state index contributed by atoms with van der Waals surface area (Å²) in [5.41, 5.74) is 4.11. The smallest absolute Gasteiger partial charge is 0.145 e. The van der Waals surface area contributed by atoms with Crippen LogP contribution in [0.3, 0.4) is 0 Å². The van der Waals surface area contributed by atoms with Crippen molar-refractivity contribution in [1.82, 2.24) is 0 Å². The summed E-state index contributed by atoms with van der Waals surface area (Å²) in [5.74, 6) is -0.0309. The fourth-order valence-corrected chi connectivity index (χ4v) is 4.08. The van der Waals surface area contributed by atoms with Crippen molar-refractivity contribution in [3.63, 3.8) is 0 Å². The quantitative estimate of drug-likeness (QED) is 0.547. The molecule has 25 heavy (non-hydrogen) atoms. The van der Waals surface area contributed by atoms with Gasteiger partial charge in [-0.25, -0.2) is 6.61 Å². The van der Waals surface area contributed by atoms with Gasteiger partial charge < -0.3 is 5.11 Å². The van der Waals surface area contributed by atoms with Crippen molar-refractivity contribution in [2.24, 2.45) is 5.41 Å². The molecule has 3 rings (SSSR count). The molecule has 3 heteroatoms. The normalized spacial score (nSPS) is 19.9. The van der Waals surface area contributed by atoms with Gasteiger partial charge in [-0.15, -0.1) is 5.41 Å². The molecule has 0 aliphatic heterocycles. The van der Waals surface area contributed by atoms with E-state index >= 15 is 0 Å². The Hall–Kier alpha value is -0.878. The van der Waals surface area contributed by atoms with Gasteiger partial charge in [-0.1, -0.05) is 69.3 Å². The number of aliphatic hydroxyl groups excluding tert-OH is 1. The van der Waals surface area contributed by atoms with Gasteiger partial charge in [0.15, 0.2) is 0 Å². The van der Waals surface area contributed by atoms with Crippen LogP contribution in [0.5, 0.6) is 0 Å². The Morgan fingerprint density at radius 2 is 1.68 bits per heavy atom. The van der Waals surface area contributed by atoms with E-state index in [0.717, 1.165) is 17.5 Å². The zero-order chi connectivity index (χ0) is 17.3. The zero-order valence-electron chi connectivity index (χ0n) is 15.1. The first-order valence-corrected chi connectivity index (χ1v) is 8.66. The minimum Gasteiger partial charge on any atom is -0.565 e. The molecular weight excluding hydrogens is 534 g/mol. The molecule has 2 aromatic carbocycles. The van der Waals surface area contributed by atoms with Gasteiger partial charge in [-0.2, -0.15) is 0 Å². The SMILES string of the molecule is CCc1ccccc1C1C(=O)Cc2ccccc2C1C(C)(C)[CH-]O.[U]. The summed E-state index contributed by atoms with van der Waals surface area (Å²) in [5, 5.41) is 9.91. The van der Waals surface area contributed by atoms with Crippen molar-refractivity contribution in [3.8, 4) is 0 Å². The fourth-order valence-electron chi connectivity index (χ4n) is 4.08. The van der Waals surface area contributed by atoms with Crippen LogP contribution in [0.25, 0.3) is 0 Å². The number of carbonyl (C=O) groups is 1. The second-order valence-electron chi connectivity index (χ2n) is 7.30. The monoisotopic (exact) mass is 559 g/mol. The van der Waals surface area contributed by atoms with Gasteiger partial charge in [0.05, 0.1) is 0 Å². The average molecular weight is 559 g/mol. The summed E-state index contributed by atoms with van der Waals surface area (Å²) in [6, 6.07) is 16.4. The van der Waals surface area contributed by atoms with Gasteiger partial charge in [-0.05, 0) is 34.6 Å². The molecule has 2 unspecified atom stereocenters. The standard InChI is InChI=1S/C22H25O2.U/c1-4-15-9-5-7-11-17(15)20-19(24)13-16-10-6-8-12-18(16)21(20)22(2,3)14-23;/h5-12,14,20-21,23H,4,13H2,1-3H3;/q-1;. The number of Topliss-reactive ketones (excluding diaryl/α,β-unsaturated/α-hetero) is 1. The minimum absolute atomic E-state index is 0. The van der Waals surface area contributed by atoms with Crippen molar-refractivity contribution in [3.05, 3.63) is 77.4 Å². The number of rotatable bonds is 4. The number of benzene rings is 2. The number of hydrogen-bond donors (Lipinski definition) is 1. The van der Waals surface area contributed by atoms with E-state index < -0.39 is 5.41 Å². The maximum absolute atomic E-state index is 13.1. The van der Waals surface area contributed by atoms with E-state index in [1.807, 2.05) is 44.2 Å². The molecule has 0 bridgehead atoms. The number of aliphatic hydroxyl groups is 1. The summed E-state index contributed by atoms with van der Waals surface area (Å²) in [6.45, 7) is 7.40. The fraction of sp³-hybridized carbons (Fsp3) is 0.364. The summed E-state index contributed by atoms with van der Waals surface area (Å²) >= 11 is 0. The summed E-state index contributed by atoms with van der Waals surface area (Å²) in [4.78, 5) is 13.1. The van der Waals surface area contributed by atoms with E-state index in [4.69, 9.17) is 0 Å². The van der Waals surface area contributed by atoms with Crippen LogP contribution in [-0.2, 0) is 17.6 Å². The summed E-state index contributed by atoms with van der Waals surface area (Å²) in [6.07, 6.45) is 1.37. The molecule has 0 saturated heterocycles. The van der Waals surface area contributed by atoms with Crippen molar-refractivity contribution in [1.29, 1.82) is 0 Å². The maximum Gasteiger partial charge on any atom is 0.145 e.